The maximum absolute atomic E-state index is 15.4. The minimum atomic E-state index is -3.39. The largest absolute Gasteiger partial charge is 0.508 e. The monoisotopic (exact) mass is 543 g/mol. The summed E-state index contributed by atoms with van der Waals surface area (Å²) in [5.74, 6) is -5.74. The summed E-state index contributed by atoms with van der Waals surface area (Å²) in [5.41, 5.74) is -0.0879. The molecule has 2 aliphatic rings. The SMILES string of the molecule is CC[C@@H](C)N1C(=O)[C@H]2N(C(=O)[C@@H](O)[C@H](Cc3ccccc3)NC(=O)c3cc(C)cc(O)c3C)CC(F)(F)C21C. The van der Waals surface area contributed by atoms with Gasteiger partial charge in [-0.25, -0.2) is 8.78 Å². The fraction of sp³-hybridized carbons (Fsp3) is 0.483. The van der Waals surface area contributed by atoms with Crippen molar-refractivity contribution < 1.29 is 33.4 Å². The van der Waals surface area contributed by atoms with Crippen molar-refractivity contribution in [1.29, 1.82) is 0 Å². The van der Waals surface area contributed by atoms with Crippen molar-refractivity contribution in [2.24, 2.45) is 0 Å². The highest BCUT2D eigenvalue weighted by Gasteiger charge is 2.78. The van der Waals surface area contributed by atoms with Crippen molar-refractivity contribution in [3.63, 3.8) is 0 Å². The third-order valence-electron chi connectivity index (χ3n) is 8.26. The fourth-order valence-corrected chi connectivity index (χ4v) is 5.78. The molecule has 2 aromatic carbocycles. The molecule has 5 atom stereocenters. The van der Waals surface area contributed by atoms with Crippen molar-refractivity contribution >= 4 is 17.7 Å². The zero-order valence-electron chi connectivity index (χ0n) is 22.7. The average molecular weight is 544 g/mol. The third-order valence-corrected chi connectivity index (χ3v) is 8.26. The van der Waals surface area contributed by atoms with E-state index in [0.717, 1.165) is 9.80 Å². The first-order valence-corrected chi connectivity index (χ1v) is 13.1. The zero-order chi connectivity index (χ0) is 28.9. The number of phenolic OH excluding ortho intramolecular Hbond substituents is 1. The summed E-state index contributed by atoms with van der Waals surface area (Å²) in [7, 11) is 0. The van der Waals surface area contributed by atoms with Gasteiger partial charge in [-0.2, -0.15) is 0 Å². The molecule has 39 heavy (non-hydrogen) atoms. The number of alkyl halides is 2. The number of nitrogens with zero attached hydrogens (tertiary/aromatic N) is 2. The Labute approximate surface area is 226 Å². The van der Waals surface area contributed by atoms with E-state index in [9.17, 15) is 24.6 Å². The van der Waals surface area contributed by atoms with E-state index in [-0.39, 0.29) is 17.7 Å². The molecule has 0 bridgehead atoms. The van der Waals surface area contributed by atoms with Gasteiger partial charge in [0.2, 0.25) is 5.91 Å². The molecule has 0 aliphatic carbocycles. The number of β-lactam (4-membered cyclic amide) rings is 1. The van der Waals surface area contributed by atoms with Crippen LogP contribution in [0.15, 0.2) is 42.5 Å². The Morgan fingerprint density at radius 1 is 1.18 bits per heavy atom. The Bertz CT molecular complexity index is 1290. The number of likely N-dealkylation sites (tertiary alicyclic amines) is 2. The number of fused-ring (bicyclic) bond motifs is 1. The summed E-state index contributed by atoms with van der Waals surface area (Å²) in [6.07, 6.45) is -1.41. The van der Waals surface area contributed by atoms with Crippen LogP contribution < -0.4 is 5.32 Å². The van der Waals surface area contributed by atoms with Crippen molar-refractivity contribution in [1.82, 2.24) is 15.1 Å². The minimum Gasteiger partial charge on any atom is -0.508 e. The number of halogens is 2. The second-order valence-electron chi connectivity index (χ2n) is 10.9. The number of phenols is 1. The molecule has 2 heterocycles. The number of aromatic hydroxyl groups is 1. The number of benzene rings is 2. The van der Waals surface area contributed by atoms with Crippen molar-refractivity contribution in [3.05, 3.63) is 64.7 Å². The number of carbonyl (C=O) groups excluding carboxylic acids is 3. The van der Waals surface area contributed by atoms with Gasteiger partial charge in [-0.1, -0.05) is 37.3 Å². The number of aliphatic hydroxyl groups excluding tert-OH is 1. The average Bonchev–Trinajstić information content (AvgIpc) is 3.07. The van der Waals surface area contributed by atoms with Crippen molar-refractivity contribution in [2.45, 2.75) is 83.2 Å². The smallest absolute Gasteiger partial charge is 0.290 e. The van der Waals surface area contributed by atoms with Gasteiger partial charge < -0.3 is 25.3 Å². The molecule has 0 aromatic heterocycles. The Hall–Kier alpha value is -3.53. The van der Waals surface area contributed by atoms with Gasteiger partial charge in [-0.3, -0.25) is 14.4 Å². The summed E-state index contributed by atoms with van der Waals surface area (Å²) in [6.45, 7) is 7.02. The highest BCUT2D eigenvalue weighted by atomic mass is 19.3. The highest BCUT2D eigenvalue weighted by molar-refractivity contribution is 5.99. The number of aryl methyl sites for hydroxylation is 1. The van der Waals surface area contributed by atoms with Gasteiger partial charge in [0, 0.05) is 17.2 Å². The van der Waals surface area contributed by atoms with E-state index in [2.05, 4.69) is 5.32 Å². The topological polar surface area (TPSA) is 110 Å². The quantitative estimate of drug-likeness (QED) is 0.444. The number of aliphatic hydroxyl groups is 1. The third kappa shape index (κ3) is 4.64. The lowest BCUT2D eigenvalue weighted by Gasteiger charge is -2.57. The molecular weight excluding hydrogens is 508 g/mol. The van der Waals surface area contributed by atoms with Crippen LogP contribution in [0.1, 0.15) is 54.2 Å². The van der Waals surface area contributed by atoms with E-state index in [0.29, 0.717) is 23.1 Å². The number of nitrogens with one attached hydrogen (secondary N) is 1. The lowest BCUT2D eigenvalue weighted by Crippen LogP contribution is -2.80. The highest BCUT2D eigenvalue weighted by Crippen LogP contribution is 2.53. The van der Waals surface area contributed by atoms with Crippen LogP contribution >= 0.6 is 0 Å². The van der Waals surface area contributed by atoms with Crippen LogP contribution in [0.3, 0.4) is 0 Å². The Kier molecular flexibility index (Phi) is 7.46. The molecule has 10 heteroatoms. The standard InChI is InChI=1S/C29H35F2N3O5/c1-6-17(3)34-27(39)24-28(34,5)29(30,31)15-33(24)26(38)23(36)21(14-19-10-8-7-9-11-19)32-25(37)20-12-16(2)13-22(35)18(20)4/h7-13,17,21,23-24,35-36H,6,14-15H2,1-5H3,(H,32,37)/t17-,21+,23+,24-,28?/m1/s1. The van der Waals surface area contributed by atoms with Crippen LogP contribution in [0.4, 0.5) is 8.78 Å². The molecule has 0 spiro atoms. The van der Waals surface area contributed by atoms with Crippen molar-refractivity contribution in [2.75, 3.05) is 6.54 Å². The number of rotatable bonds is 8. The fourth-order valence-electron chi connectivity index (χ4n) is 5.78. The molecule has 3 N–H and O–H groups in total. The van der Waals surface area contributed by atoms with Gasteiger partial charge >= 0.3 is 0 Å². The van der Waals surface area contributed by atoms with E-state index < -0.39 is 60.0 Å². The Morgan fingerprint density at radius 2 is 1.82 bits per heavy atom. The number of carbonyl (C=O) groups is 3. The number of hydrogen-bond acceptors (Lipinski definition) is 5. The zero-order valence-corrected chi connectivity index (χ0v) is 22.7. The second-order valence-corrected chi connectivity index (χ2v) is 10.9. The molecule has 4 rings (SSSR count). The summed E-state index contributed by atoms with van der Waals surface area (Å²) < 4.78 is 30.7. The van der Waals surface area contributed by atoms with E-state index >= 15 is 8.78 Å². The summed E-state index contributed by atoms with van der Waals surface area (Å²) in [4.78, 5) is 41.8. The first kappa shape index (κ1) is 28.5. The van der Waals surface area contributed by atoms with E-state index in [1.807, 2.05) is 0 Å². The molecule has 0 saturated carbocycles. The Morgan fingerprint density at radius 3 is 2.44 bits per heavy atom. The molecule has 2 fully saturated rings. The van der Waals surface area contributed by atoms with Gasteiger partial charge in [0.15, 0.2) is 6.10 Å². The molecule has 2 aliphatic heterocycles. The molecule has 8 nitrogen and oxygen atoms in total. The molecule has 3 amide bonds. The summed E-state index contributed by atoms with van der Waals surface area (Å²) >= 11 is 0. The van der Waals surface area contributed by atoms with Crippen LogP contribution in [0.25, 0.3) is 0 Å². The van der Waals surface area contributed by atoms with Gasteiger partial charge in [-0.05, 0) is 63.8 Å². The number of amides is 3. The van der Waals surface area contributed by atoms with Gasteiger partial charge in [0.1, 0.15) is 17.3 Å². The molecule has 210 valence electrons. The van der Waals surface area contributed by atoms with Crippen LogP contribution in [-0.2, 0) is 16.0 Å². The maximum Gasteiger partial charge on any atom is 0.290 e. The lowest BCUT2D eigenvalue weighted by atomic mass is 9.76. The van der Waals surface area contributed by atoms with Crippen LogP contribution in [-0.4, -0.2) is 80.0 Å². The minimum absolute atomic E-state index is 0.0233. The normalized spacial score (nSPS) is 24.0. The molecule has 0 radical (unpaired) electrons. The predicted octanol–water partition coefficient (Wildman–Crippen LogP) is 2.96. The molecular formula is C29H35F2N3O5. The van der Waals surface area contributed by atoms with Gasteiger partial charge in [0.05, 0.1) is 12.6 Å². The lowest BCUT2D eigenvalue weighted by molar-refractivity contribution is -0.197. The van der Waals surface area contributed by atoms with Gasteiger partial charge in [-0.15, -0.1) is 0 Å². The van der Waals surface area contributed by atoms with Crippen LogP contribution in [0.5, 0.6) is 5.75 Å². The van der Waals surface area contributed by atoms with E-state index in [4.69, 9.17) is 0 Å². The summed E-state index contributed by atoms with van der Waals surface area (Å²) in [5, 5.41) is 24.1. The van der Waals surface area contributed by atoms with E-state index in [1.54, 1.807) is 64.1 Å². The Balaban J connectivity index is 1.64. The first-order chi connectivity index (χ1) is 18.2. The van der Waals surface area contributed by atoms with Crippen molar-refractivity contribution in [3.8, 4) is 5.75 Å². The summed E-state index contributed by atoms with van der Waals surface area (Å²) in [6, 6.07) is 8.84. The number of hydrogen-bond donors (Lipinski definition) is 3. The molecule has 2 aromatic rings. The predicted molar refractivity (Wildman–Crippen MR) is 140 cm³/mol. The van der Waals surface area contributed by atoms with Crippen LogP contribution in [0, 0.1) is 13.8 Å². The second kappa shape index (κ2) is 10.2. The first-order valence-electron chi connectivity index (χ1n) is 13.1. The van der Waals surface area contributed by atoms with Crippen LogP contribution in [0.2, 0.25) is 0 Å². The molecule has 2 saturated heterocycles. The van der Waals surface area contributed by atoms with E-state index in [1.165, 1.54) is 13.0 Å². The maximum atomic E-state index is 15.4. The molecule has 1 unspecified atom stereocenters. The van der Waals surface area contributed by atoms with Gasteiger partial charge in [0.25, 0.3) is 17.7 Å².